The maximum atomic E-state index is 5.61. The van der Waals surface area contributed by atoms with E-state index in [1.807, 2.05) is 6.92 Å². The van der Waals surface area contributed by atoms with Crippen LogP contribution in [0.4, 0.5) is 0 Å². The summed E-state index contributed by atoms with van der Waals surface area (Å²) in [4.78, 5) is 3.81. The lowest BCUT2D eigenvalue weighted by Crippen LogP contribution is -1.78. The van der Waals surface area contributed by atoms with Crippen LogP contribution >= 0.6 is 23.2 Å². The zero-order valence-corrected chi connectivity index (χ0v) is 6.37. The molecule has 0 N–H and O–H groups in total. The number of halogens is 2. The quantitative estimate of drug-likeness (QED) is 0.534. The van der Waals surface area contributed by atoms with Gasteiger partial charge >= 0.3 is 0 Å². The Hall–Kier alpha value is -0.270. The first-order valence-corrected chi connectivity index (χ1v) is 3.23. The van der Waals surface area contributed by atoms with Gasteiger partial charge in [0.15, 0.2) is 0 Å². The normalized spacial score (nSPS) is 9.67. The Morgan fingerprint density at radius 2 is 2.11 bits per heavy atom. The molecule has 0 saturated heterocycles. The molecule has 48 valence electrons. The number of hydrogen-bond donors (Lipinski definition) is 0. The fraction of sp³-hybridized carbons (Fsp3) is 0.167. The molecule has 1 aromatic rings. The van der Waals surface area contributed by atoms with Gasteiger partial charge in [0.1, 0.15) is 5.15 Å². The van der Waals surface area contributed by atoms with Gasteiger partial charge in [0, 0.05) is 6.20 Å². The summed E-state index contributed by atoms with van der Waals surface area (Å²) < 4.78 is 0. The zero-order valence-electron chi connectivity index (χ0n) is 4.86. The third kappa shape index (κ3) is 1.57. The van der Waals surface area contributed by atoms with Crippen molar-refractivity contribution >= 4 is 23.2 Å². The average molecular weight is 162 g/mol. The fourth-order valence-electron chi connectivity index (χ4n) is 0.524. The van der Waals surface area contributed by atoms with Gasteiger partial charge in [0.25, 0.3) is 0 Å². The number of nitrogens with zero attached hydrogens (tertiary/aromatic N) is 1. The van der Waals surface area contributed by atoms with E-state index in [0.717, 1.165) is 5.56 Å². The van der Waals surface area contributed by atoms with Crippen molar-refractivity contribution < 1.29 is 0 Å². The predicted molar refractivity (Wildman–Crippen MR) is 39.0 cm³/mol. The largest absolute Gasteiger partial charge is 0.243 e. The Kier molecular flexibility index (Phi) is 1.94. The van der Waals surface area contributed by atoms with Gasteiger partial charge in [-0.25, -0.2) is 4.98 Å². The van der Waals surface area contributed by atoms with E-state index in [1.165, 1.54) is 6.20 Å². The average Bonchev–Trinajstić information content (AvgIpc) is 1.80. The van der Waals surface area contributed by atoms with Crippen LogP contribution in [0.3, 0.4) is 0 Å². The summed E-state index contributed by atoms with van der Waals surface area (Å²) >= 11 is 11.2. The van der Waals surface area contributed by atoms with Crippen LogP contribution in [0.15, 0.2) is 12.3 Å². The van der Waals surface area contributed by atoms with Crippen LogP contribution in [0, 0.1) is 6.92 Å². The zero-order chi connectivity index (χ0) is 6.85. The van der Waals surface area contributed by atoms with Crippen molar-refractivity contribution in [3.05, 3.63) is 28.0 Å². The molecule has 0 aliphatic rings. The number of hydrogen-bond acceptors (Lipinski definition) is 1. The first-order chi connectivity index (χ1) is 4.20. The molecular weight excluding hydrogens is 157 g/mol. The first kappa shape index (κ1) is 6.84. The maximum Gasteiger partial charge on any atom is 0.132 e. The highest BCUT2D eigenvalue weighted by Crippen LogP contribution is 2.15. The smallest absolute Gasteiger partial charge is 0.132 e. The first-order valence-electron chi connectivity index (χ1n) is 2.48. The molecule has 1 aromatic heterocycles. The number of aromatic nitrogens is 1. The van der Waals surface area contributed by atoms with Gasteiger partial charge in [0.2, 0.25) is 0 Å². The van der Waals surface area contributed by atoms with Gasteiger partial charge < -0.3 is 0 Å². The molecule has 0 spiro atoms. The van der Waals surface area contributed by atoms with Crippen LogP contribution in [0.1, 0.15) is 5.56 Å². The van der Waals surface area contributed by atoms with Crippen LogP contribution < -0.4 is 0 Å². The summed E-state index contributed by atoms with van der Waals surface area (Å²) in [6.45, 7) is 1.86. The van der Waals surface area contributed by atoms with E-state index in [1.54, 1.807) is 6.07 Å². The molecule has 0 saturated carbocycles. The highest BCUT2D eigenvalue weighted by Gasteiger charge is 1.94. The lowest BCUT2D eigenvalue weighted by atomic mass is 10.3. The molecule has 0 aromatic carbocycles. The summed E-state index contributed by atoms with van der Waals surface area (Å²) in [6.07, 6.45) is 1.52. The monoisotopic (exact) mass is 161 g/mol. The summed E-state index contributed by atoms with van der Waals surface area (Å²) in [5, 5.41) is 1.14. The van der Waals surface area contributed by atoms with Gasteiger partial charge in [0.05, 0.1) is 5.02 Å². The molecule has 0 atom stereocenters. The van der Waals surface area contributed by atoms with E-state index in [-0.39, 0.29) is 0 Å². The fourth-order valence-corrected chi connectivity index (χ4v) is 0.840. The molecule has 1 nitrogen and oxygen atoms in total. The van der Waals surface area contributed by atoms with Gasteiger partial charge in [-0.3, -0.25) is 0 Å². The molecule has 1 heterocycles. The molecule has 3 heteroatoms. The Bertz CT molecular complexity index is 222. The molecule has 0 radical (unpaired) electrons. The summed E-state index contributed by atoms with van der Waals surface area (Å²) in [5.74, 6) is 0. The van der Waals surface area contributed by atoms with Crippen LogP contribution in [-0.2, 0) is 0 Å². The minimum Gasteiger partial charge on any atom is -0.243 e. The molecule has 0 fully saturated rings. The van der Waals surface area contributed by atoms with E-state index in [9.17, 15) is 0 Å². The highest BCUT2D eigenvalue weighted by molar-refractivity contribution is 6.32. The molecule has 9 heavy (non-hydrogen) atoms. The topological polar surface area (TPSA) is 12.9 Å². The second kappa shape index (κ2) is 2.54. The predicted octanol–water partition coefficient (Wildman–Crippen LogP) is 2.70. The van der Waals surface area contributed by atoms with E-state index < -0.39 is 0 Å². The van der Waals surface area contributed by atoms with Crippen molar-refractivity contribution in [3.8, 4) is 0 Å². The van der Waals surface area contributed by atoms with Crippen LogP contribution in [-0.4, -0.2) is 4.98 Å². The number of pyridine rings is 1. The highest BCUT2D eigenvalue weighted by atomic mass is 35.5. The Morgan fingerprint density at radius 3 is 2.56 bits per heavy atom. The Morgan fingerprint density at radius 1 is 1.44 bits per heavy atom. The maximum absolute atomic E-state index is 5.61. The Labute approximate surface area is 63.6 Å². The van der Waals surface area contributed by atoms with Crippen molar-refractivity contribution in [2.75, 3.05) is 0 Å². The second-order valence-corrected chi connectivity index (χ2v) is 2.56. The summed E-state index contributed by atoms with van der Waals surface area (Å²) in [5.41, 5.74) is 0.907. The van der Waals surface area contributed by atoms with Crippen molar-refractivity contribution in [2.45, 2.75) is 6.92 Å². The number of rotatable bonds is 0. The van der Waals surface area contributed by atoms with Gasteiger partial charge in [-0.1, -0.05) is 23.2 Å². The molecular formula is C6H5Cl2N. The van der Waals surface area contributed by atoms with E-state index in [2.05, 4.69) is 4.98 Å². The molecule has 0 bridgehead atoms. The third-order valence-electron chi connectivity index (χ3n) is 0.981. The van der Waals surface area contributed by atoms with E-state index in [4.69, 9.17) is 23.2 Å². The summed E-state index contributed by atoms with van der Waals surface area (Å²) in [6, 6.07) is 1.77. The Balaban J connectivity index is 3.17. The molecule has 0 aliphatic carbocycles. The molecule has 0 amide bonds. The lowest BCUT2D eigenvalue weighted by molar-refractivity contribution is 1.27. The van der Waals surface area contributed by atoms with Gasteiger partial charge in [-0.05, 0) is 18.6 Å². The standard InChI is InChI=1S/C6H5Cl2N/c1-4-2-5(7)3-9-6(4)8/h2-3H,1H3. The van der Waals surface area contributed by atoms with Crippen molar-refractivity contribution in [3.63, 3.8) is 0 Å². The molecule has 0 unspecified atom stereocenters. The number of aryl methyl sites for hydroxylation is 1. The third-order valence-corrected chi connectivity index (χ3v) is 1.58. The lowest BCUT2D eigenvalue weighted by Gasteiger charge is -1.93. The van der Waals surface area contributed by atoms with Crippen molar-refractivity contribution in [1.29, 1.82) is 0 Å². The van der Waals surface area contributed by atoms with Gasteiger partial charge in [-0.15, -0.1) is 0 Å². The van der Waals surface area contributed by atoms with Crippen molar-refractivity contribution in [2.24, 2.45) is 0 Å². The van der Waals surface area contributed by atoms with Crippen LogP contribution in [0.5, 0.6) is 0 Å². The van der Waals surface area contributed by atoms with Crippen LogP contribution in [0.25, 0.3) is 0 Å². The van der Waals surface area contributed by atoms with E-state index in [0.29, 0.717) is 10.2 Å². The summed E-state index contributed by atoms with van der Waals surface area (Å²) in [7, 11) is 0. The molecule has 0 aliphatic heterocycles. The molecule has 1 rings (SSSR count). The van der Waals surface area contributed by atoms with Crippen molar-refractivity contribution in [1.82, 2.24) is 4.98 Å². The minimum atomic E-state index is 0.513. The van der Waals surface area contributed by atoms with Crippen LogP contribution in [0.2, 0.25) is 10.2 Å². The minimum absolute atomic E-state index is 0.513. The van der Waals surface area contributed by atoms with E-state index >= 15 is 0 Å². The van der Waals surface area contributed by atoms with Gasteiger partial charge in [-0.2, -0.15) is 0 Å². The second-order valence-electron chi connectivity index (χ2n) is 1.76. The SMILES string of the molecule is Cc1cc(Cl)cnc1Cl.